The summed E-state index contributed by atoms with van der Waals surface area (Å²) in [5, 5.41) is 6.25. The van der Waals surface area contributed by atoms with Crippen LogP contribution in [0, 0.1) is 0 Å². The van der Waals surface area contributed by atoms with E-state index >= 15 is 0 Å². The van der Waals surface area contributed by atoms with Gasteiger partial charge in [0.1, 0.15) is 5.82 Å². The van der Waals surface area contributed by atoms with Gasteiger partial charge in [0, 0.05) is 18.8 Å². The van der Waals surface area contributed by atoms with Crippen molar-refractivity contribution in [3.63, 3.8) is 0 Å². The highest BCUT2D eigenvalue weighted by Gasteiger charge is 2.23. The zero-order chi connectivity index (χ0) is 15.2. The Bertz CT molecular complexity index is 606. The van der Waals surface area contributed by atoms with Crippen molar-refractivity contribution in [2.24, 2.45) is 0 Å². The SMILES string of the molecule is O=C(NC1CC1)c1ccc(NCCCc2ccccc2)nc1. The summed E-state index contributed by atoms with van der Waals surface area (Å²) in [5.74, 6) is 0.793. The van der Waals surface area contributed by atoms with Crippen LogP contribution in [0.3, 0.4) is 0 Å². The van der Waals surface area contributed by atoms with Crippen LogP contribution in [0.2, 0.25) is 0 Å². The number of pyridine rings is 1. The lowest BCUT2D eigenvalue weighted by atomic mass is 10.1. The lowest BCUT2D eigenvalue weighted by Crippen LogP contribution is -2.25. The van der Waals surface area contributed by atoms with Crippen molar-refractivity contribution < 1.29 is 4.79 Å². The number of carbonyl (C=O) groups is 1. The average molecular weight is 295 g/mol. The Balaban J connectivity index is 1.41. The maximum absolute atomic E-state index is 11.9. The van der Waals surface area contributed by atoms with Gasteiger partial charge in [0.2, 0.25) is 0 Å². The quantitative estimate of drug-likeness (QED) is 0.772. The second-order valence-corrected chi connectivity index (χ2v) is 5.70. The van der Waals surface area contributed by atoms with Crippen molar-refractivity contribution >= 4 is 11.7 Å². The molecule has 1 amide bonds. The van der Waals surface area contributed by atoms with E-state index in [1.165, 1.54) is 5.56 Å². The van der Waals surface area contributed by atoms with E-state index in [-0.39, 0.29) is 5.91 Å². The molecule has 0 radical (unpaired) electrons. The fraction of sp³-hybridized carbons (Fsp3) is 0.333. The van der Waals surface area contributed by atoms with Crippen molar-refractivity contribution in [3.05, 3.63) is 59.8 Å². The third kappa shape index (κ3) is 4.32. The summed E-state index contributed by atoms with van der Waals surface area (Å²) in [5.41, 5.74) is 1.98. The Morgan fingerprint density at radius 3 is 2.64 bits per heavy atom. The monoisotopic (exact) mass is 295 g/mol. The van der Waals surface area contributed by atoms with Gasteiger partial charge in [-0.25, -0.2) is 4.98 Å². The van der Waals surface area contributed by atoms with Gasteiger partial charge in [-0.15, -0.1) is 0 Å². The van der Waals surface area contributed by atoms with Crippen LogP contribution in [0.25, 0.3) is 0 Å². The van der Waals surface area contributed by atoms with Gasteiger partial charge in [0.05, 0.1) is 5.56 Å². The summed E-state index contributed by atoms with van der Waals surface area (Å²) in [6, 6.07) is 14.5. The van der Waals surface area contributed by atoms with Gasteiger partial charge < -0.3 is 10.6 Å². The number of aryl methyl sites for hydroxylation is 1. The van der Waals surface area contributed by atoms with Crippen molar-refractivity contribution in [1.82, 2.24) is 10.3 Å². The first kappa shape index (κ1) is 14.6. The molecule has 114 valence electrons. The Labute approximate surface area is 131 Å². The van der Waals surface area contributed by atoms with Crippen LogP contribution in [-0.4, -0.2) is 23.5 Å². The molecule has 1 aromatic heterocycles. The van der Waals surface area contributed by atoms with Gasteiger partial charge in [0.15, 0.2) is 0 Å². The maximum Gasteiger partial charge on any atom is 0.253 e. The molecular weight excluding hydrogens is 274 g/mol. The van der Waals surface area contributed by atoms with E-state index < -0.39 is 0 Å². The summed E-state index contributed by atoms with van der Waals surface area (Å²) < 4.78 is 0. The molecule has 2 aromatic rings. The number of carbonyl (C=O) groups excluding carboxylic acids is 1. The predicted molar refractivity (Wildman–Crippen MR) is 88.0 cm³/mol. The molecule has 0 atom stereocenters. The van der Waals surface area contributed by atoms with Crippen molar-refractivity contribution in [1.29, 1.82) is 0 Å². The van der Waals surface area contributed by atoms with E-state index in [0.29, 0.717) is 11.6 Å². The molecule has 0 spiro atoms. The van der Waals surface area contributed by atoms with Gasteiger partial charge in [-0.1, -0.05) is 30.3 Å². The van der Waals surface area contributed by atoms with E-state index in [1.54, 1.807) is 6.20 Å². The highest BCUT2D eigenvalue weighted by atomic mass is 16.1. The number of nitrogens with zero attached hydrogens (tertiary/aromatic N) is 1. The highest BCUT2D eigenvalue weighted by molar-refractivity contribution is 5.94. The molecule has 22 heavy (non-hydrogen) atoms. The number of hydrogen-bond donors (Lipinski definition) is 2. The van der Waals surface area contributed by atoms with Gasteiger partial charge in [-0.2, -0.15) is 0 Å². The first-order valence-corrected chi connectivity index (χ1v) is 7.86. The van der Waals surface area contributed by atoms with Crippen LogP contribution < -0.4 is 10.6 Å². The smallest absolute Gasteiger partial charge is 0.253 e. The fourth-order valence-electron chi connectivity index (χ4n) is 2.28. The minimum absolute atomic E-state index is 0.0226. The molecule has 1 aliphatic rings. The third-order valence-corrected chi connectivity index (χ3v) is 3.73. The topological polar surface area (TPSA) is 54.0 Å². The molecule has 1 aromatic carbocycles. The lowest BCUT2D eigenvalue weighted by molar-refractivity contribution is 0.0951. The van der Waals surface area contributed by atoms with Crippen LogP contribution in [0.5, 0.6) is 0 Å². The summed E-state index contributed by atoms with van der Waals surface area (Å²) >= 11 is 0. The van der Waals surface area contributed by atoms with E-state index in [2.05, 4.69) is 39.9 Å². The Morgan fingerprint density at radius 2 is 1.95 bits per heavy atom. The Morgan fingerprint density at radius 1 is 1.14 bits per heavy atom. The Kier molecular flexibility index (Phi) is 4.68. The van der Waals surface area contributed by atoms with Crippen LogP contribution in [0.1, 0.15) is 35.2 Å². The predicted octanol–water partition coefficient (Wildman–Crippen LogP) is 3.02. The molecule has 1 saturated carbocycles. The van der Waals surface area contributed by atoms with Crippen LogP contribution in [-0.2, 0) is 6.42 Å². The summed E-state index contributed by atoms with van der Waals surface area (Å²) in [6.45, 7) is 0.871. The second kappa shape index (κ2) is 7.07. The molecule has 1 heterocycles. The summed E-state index contributed by atoms with van der Waals surface area (Å²) in [7, 11) is 0. The number of hydrogen-bond acceptors (Lipinski definition) is 3. The van der Waals surface area contributed by atoms with Crippen molar-refractivity contribution in [2.45, 2.75) is 31.7 Å². The molecule has 1 aliphatic carbocycles. The summed E-state index contributed by atoms with van der Waals surface area (Å²) in [4.78, 5) is 16.2. The number of aromatic nitrogens is 1. The minimum atomic E-state index is -0.0226. The minimum Gasteiger partial charge on any atom is -0.370 e. The number of anilines is 1. The van der Waals surface area contributed by atoms with Crippen LogP contribution >= 0.6 is 0 Å². The van der Waals surface area contributed by atoms with Gasteiger partial charge in [0.25, 0.3) is 5.91 Å². The van der Waals surface area contributed by atoms with Crippen molar-refractivity contribution in [2.75, 3.05) is 11.9 Å². The molecule has 0 aliphatic heterocycles. The average Bonchev–Trinajstić information content (AvgIpc) is 3.37. The fourth-order valence-corrected chi connectivity index (χ4v) is 2.28. The third-order valence-electron chi connectivity index (χ3n) is 3.73. The maximum atomic E-state index is 11.9. The number of amides is 1. The molecule has 3 rings (SSSR count). The van der Waals surface area contributed by atoms with E-state index in [9.17, 15) is 4.79 Å². The number of benzene rings is 1. The van der Waals surface area contributed by atoms with Crippen LogP contribution in [0.15, 0.2) is 48.7 Å². The van der Waals surface area contributed by atoms with Gasteiger partial charge >= 0.3 is 0 Å². The molecular formula is C18H21N3O. The standard InChI is InChI=1S/C18H21N3O/c22-18(21-16-9-10-16)15-8-11-17(20-13-15)19-12-4-7-14-5-2-1-3-6-14/h1-3,5-6,8,11,13,16H,4,7,9-10,12H2,(H,19,20)(H,21,22). The first-order valence-electron chi connectivity index (χ1n) is 7.86. The second-order valence-electron chi connectivity index (χ2n) is 5.70. The molecule has 0 saturated heterocycles. The van der Waals surface area contributed by atoms with E-state index in [4.69, 9.17) is 0 Å². The first-order chi connectivity index (χ1) is 10.8. The van der Waals surface area contributed by atoms with E-state index in [0.717, 1.165) is 38.0 Å². The van der Waals surface area contributed by atoms with Gasteiger partial charge in [-0.05, 0) is 43.4 Å². The van der Waals surface area contributed by atoms with Crippen LogP contribution in [0.4, 0.5) is 5.82 Å². The van der Waals surface area contributed by atoms with Gasteiger partial charge in [-0.3, -0.25) is 4.79 Å². The zero-order valence-corrected chi connectivity index (χ0v) is 12.6. The molecule has 0 unspecified atom stereocenters. The summed E-state index contributed by atoms with van der Waals surface area (Å²) in [6.07, 6.45) is 5.93. The number of rotatable bonds is 7. The largest absolute Gasteiger partial charge is 0.370 e. The molecule has 2 N–H and O–H groups in total. The highest BCUT2D eigenvalue weighted by Crippen LogP contribution is 2.19. The normalized spacial score (nSPS) is 13.6. The van der Waals surface area contributed by atoms with Crippen molar-refractivity contribution in [3.8, 4) is 0 Å². The molecule has 4 heteroatoms. The zero-order valence-electron chi connectivity index (χ0n) is 12.6. The van der Waals surface area contributed by atoms with E-state index in [1.807, 2.05) is 18.2 Å². The Hall–Kier alpha value is -2.36. The molecule has 0 bridgehead atoms. The number of nitrogens with one attached hydrogen (secondary N) is 2. The molecule has 4 nitrogen and oxygen atoms in total. The lowest BCUT2D eigenvalue weighted by Gasteiger charge is -2.07. The molecule has 1 fully saturated rings.